The number of rotatable bonds is 4. The van der Waals surface area contributed by atoms with Crippen LogP contribution in [0.2, 0.25) is 0 Å². The van der Waals surface area contributed by atoms with E-state index >= 15 is 0 Å². The summed E-state index contributed by atoms with van der Waals surface area (Å²) >= 11 is 9.35. The van der Waals surface area contributed by atoms with Gasteiger partial charge >= 0.3 is 0 Å². The molecule has 0 amide bonds. The van der Waals surface area contributed by atoms with Crippen LogP contribution < -0.4 is 0 Å². The molecule has 0 unspecified atom stereocenters. The molecule has 1 aromatic carbocycles. The van der Waals surface area contributed by atoms with Crippen molar-refractivity contribution in [2.75, 3.05) is 5.88 Å². The number of imidazole rings is 1. The van der Waals surface area contributed by atoms with Crippen LogP contribution in [-0.2, 0) is 13.0 Å². The Hall–Kier alpha value is -1.40. The first kappa shape index (κ1) is 13.6. The maximum Gasteiger partial charge on any atom is 0.246 e. The zero-order chi connectivity index (χ0) is 14.1. The Morgan fingerprint density at radius 3 is 2.90 bits per heavy atom. The number of fused-ring (bicyclic) bond motifs is 1. The first-order chi connectivity index (χ1) is 9.67. The molecule has 0 spiro atoms. The summed E-state index contributed by atoms with van der Waals surface area (Å²) in [7, 11) is 0. The van der Waals surface area contributed by atoms with Gasteiger partial charge < -0.3 is 9.09 Å². The molecular formula is C13H12BrClN4O. The molecule has 0 fully saturated rings. The van der Waals surface area contributed by atoms with Crippen molar-refractivity contribution in [3.8, 4) is 0 Å². The van der Waals surface area contributed by atoms with Crippen molar-refractivity contribution in [3.63, 3.8) is 0 Å². The summed E-state index contributed by atoms with van der Waals surface area (Å²) in [5.41, 5.74) is 1.96. The van der Waals surface area contributed by atoms with E-state index in [9.17, 15) is 0 Å². The molecule has 0 aliphatic carbocycles. The lowest BCUT2D eigenvalue weighted by molar-refractivity contribution is 0.367. The largest absolute Gasteiger partial charge is 0.337 e. The second kappa shape index (κ2) is 5.54. The standard InChI is InChI=1S/C13H12BrClN4O/c1-8-16-13(20-18-8)7-19-11-6-9(14)2-3-10(11)17-12(19)4-5-15/h2-3,6H,4-5,7H2,1H3. The molecule has 20 heavy (non-hydrogen) atoms. The zero-order valence-corrected chi connectivity index (χ0v) is 13.1. The van der Waals surface area contributed by atoms with E-state index in [0.717, 1.165) is 21.3 Å². The average molecular weight is 356 g/mol. The van der Waals surface area contributed by atoms with E-state index in [1.807, 2.05) is 18.2 Å². The van der Waals surface area contributed by atoms with Gasteiger partial charge in [0.15, 0.2) is 5.82 Å². The van der Waals surface area contributed by atoms with Gasteiger partial charge in [-0.05, 0) is 25.1 Å². The molecule has 104 valence electrons. The van der Waals surface area contributed by atoms with E-state index in [2.05, 4.69) is 35.6 Å². The summed E-state index contributed by atoms with van der Waals surface area (Å²) in [5, 5.41) is 3.82. The molecule has 0 atom stereocenters. The van der Waals surface area contributed by atoms with Crippen LogP contribution in [0.3, 0.4) is 0 Å². The monoisotopic (exact) mass is 354 g/mol. The molecule has 7 heteroatoms. The van der Waals surface area contributed by atoms with Crippen LogP contribution in [0.4, 0.5) is 0 Å². The number of aromatic nitrogens is 4. The quantitative estimate of drug-likeness (QED) is 0.674. The Morgan fingerprint density at radius 1 is 1.35 bits per heavy atom. The Labute approximate surface area is 129 Å². The number of benzene rings is 1. The summed E-state index contributed by atoms with van der Waals surface area (Å²) in [6.45, 7) is 2.30. The summed E-state index contributed by atoms with van der Waals surface area (Å²) in [6.07, 6.45) is 0.695. The van der Waals surface area contributed by atoms with Crippen LogP contribution in [0.25, 0.3) is 11.0 Å². The molecule has 2 heterocycles. The highest BCUT2D eigenvalue weighted by Crippen LogP contribution is 2.22. The number of aryl methyl sites for hydroxylation is 2. The molecule has 0 saturated heterocycles. The second-order valence-corrected chi connectivity index (χ2v) is 5.72. The van der Waals surface area contributed by atoms with E-state index in [0.29, 0.717) is 30.6 Å². The highest BCUT2D eigenvalue weighted by Gasteiger charge is 2.13. The Bertz CT molecular complexity index is 752. The lowest BCUT2D eigenvalue weighted by atomic mass is 10.3. The summed E-state index contributed by atoms with van der Waals surface area (Å²) in [6, 6.07) is 5.98. The average Bonchev–Trinajstić information content (AvgIpc) is 2.96. The van der Waals surface area contributed by atoms with Crippen molar-refractivity contribution in [3.05, 3.63) is 40.2 Å². The fourth-order valence-corrected chi connectivity index (χ4v) is 2.66. The number of alkyl halides is 1. The van der Waals surface area contributed by atoms with Crippen LogP contribution >= 0.6 is 27.5 Å². The third kappa shape index (κ3) is 2.58. The van der Waals surface area contributed by atoms with Gasteiger partial charge in [-0.3, -0.25) is 0 Å². The van der Waals surface area contributed by atoms with Gasteiger partial charge in [-0.2, -0.15) is 4.98 Å². The van der Waals surface area contributed by atoms with Crippen molar-refractivity contribution in [1.29, 1.82) is 0 Å². The van der Waals surface area contributed by atoms with Crippen LogP contribution in [0.1, 0.15) is 17.5 Å². The fourth-order valence-electron chi connectivity index (χ4n) is 2.14. The van der Waals surface area contributed by atoms with Crippen molar-refractivity contribution in [2.24, 2.45) is 0 Å². The maximum atomic E-state index is 5.86. The van der Waals surface area contributed by atoms with E-state index in [-0.39, 0.29) is 0 Å². The van der Waals surface area contributed by atoms with Gasteiger partial charge in [0.2, 0.25) is 5.89 Å². The molecule has 0 aliphatic rings. The van der Waals surface area contributed by atoms with Gasteiger partial charge in [-0.25, -0.2) is 4.98 Å². The molecule has 0 aliphatic heterocycles. The van der Waals surface area contributed by atoms with Crippen LogP contribution in [0.15, 0.2) is 27.2 Å². The normalized spacial score (nSPS) is 11.3. The molecule has 0 radical (unpaired) electrons. The van der Waals surface area contributed by atoms with Crippen LogP contribution in [0.5, 0.6) is 0 Å². The van der Waals surface area contributed by atoms with Gasteiger partial charge in [-0.15, -0.1) is 11.6 Å². The fraction of sp³-hybridized carbons (Fsp3) is 0.308. The Balaban J connectivity index is 2.09. The molecule has 3 aromatic rings. The minimum Gasteiger partial charge on any atom is -0.337 e. The second-order valence-electron chi connectivity index (χ2n) is 4.42. The highest BCUT2D eigenvalue weighted by atomic mass is 79.9. The lowest BCUT2D eigenvalue weighted by Gasteiger charge is -2.05. The number of hydrogen-bond donors (Lipinski definition) is 0. The van der Waals surface area contributed by atoms with E-state index in [1.165, 1.54) is 0 Å². The van der Waals surface area contributed by atoms with Gasteiger partial charge in [0, 0.05) is 16.8 Å². The SMILES string of the molecule is Cc1noc(Cn2c(CCCl)nc3ccc(Br)cc32)n1. The molecule has 2 aromatic heterocycles. The van der Waals surface area contributed by atoms with E-state index < -0.39 is 0 Å². The summed E-state index contributed by atoms with van der Waals surface area (Å²) in [4.78, 5) is 8.86. The van der Waals surface area contributed by atoms with E-state index in [4.69, 9.17) is 16.1 Å². The smallest absolute Gasteiger partial charge is 0.246 e. The number of nitrogens with zero attached hydrogens (tertiary/aromatic N) is 4. The third-order valence-electron chi connectivity index (χ3n) is 2.97. The Kier molecular flexibility index (Phi) is 3.76. The predicted octanol–water partition coefficient (Wildman–Crippen LogP) is 3.32. The van der Waals surface area contributed by atoms with E-state index in [1.54, 1.807) is 6.92 Å². The molecule has 0 N–H and O–H groups in total. The summed E-state index contributed by atoms with van der Waals surface area (Å²) in [5.74, 6) is 2.64. The van der Waals surface area contributed by atoms with Crippen molar-refractivity contribution in [1.82, 2.24) is 19.7 Å². The van der Waals surface area contributed by atoms with Gasteiger partial charge in [0.1, 0.15) is 12.4 Å². The Morgan fingerprint density at radius 2 is 2.20 bits per heavy atom. The van der Waals surface area contributed by atoms with Crippen LogP contribution in [-0.4, -0.2) is 25.6 Å². The summed E-state index contributed by atoms with van der Waals surface area (Å²) < 4.78 is 8.27. The first-order valence-electron chi connectivity index (χ1n) is 6.17. The lowest BCUT2D eigenvalue weighted by Crippen LogP contribution is -2.06. The molecular weight excluding hydrogens is 344 g/mol. The van der Waals surface area contributed by atoms with Crippen LogP contribution in [0, 0.1) is 6.92 Å². The predicted molar refractivity (Wildman–Crippen MR) is 80.0 cm³/mol. The molecule has 3 rings (SSSR count). The third-order valence-corrected chi connectivity index (χ3v) is 3.65. The molecule has 0 saturated carbocycles. The van der Waals surface area contributed by atoms with Crippen molar-refractivity contribution in [2.45, 2.75) is 19.9 Å². The van der Waals surface area contributed by atoms with Crippen molar-refractivity contribution >= 4 is 38.6 Å². The number of halogens is 2. The highest BCUT2D eigenvalue weighted by molar-refractivity contribution is 9.10. The minimum atomic E-state index is 0.500. The maximum absolute atomic E-state index is 5.86. The molecule has 0 bridgehead atoms. The topological polar surface area (TPSA) is 56.7 Å². The minimum absolute atomic E-state index is 0.500. The molecule has 5 nitrogen and oxygen atoms in total. The van der Waals surface area contributed by atoms with Gasteiger partial charge in [-0.1, -0.05) is 21.1 Å². The first-order valence-corrected chi connectivity index (χ1v) is 7.50. The van der Waals surface area contributed by atoms with Gasteiger partial charge in [0.05, 0.1) is 11.0 Å². The van der Waals surface area contributed by atoms with Crippen molar-refractivity contribution < 1.29 is 4.52 Å². The number of hydrogen-bond acceptors (Lipinski definition) is 4. The zero-order valence-electron chi connectivity index (χ0n) is 10.8. The van der Waals surface area contributed by atoms with Gasteiger partial charge in [0.25, 0.3) is 0 Å².